The first-order chi connectivity index (χ1) is 14.1. The summed E-state index contributed by atoms with van der Waals surface area (Å²) in [6, 6.07) is 25.8. The molecule has 0 radical (unpaired) electrons. The first kappa shape index (κ1) is 16.7. The van der Waals surface area contributed by atoms with Crippen LogP contribution in [0, 0.1) is 13.8 Å². The van der Waals surface area contributed by atoms with Gasteiger partial charge in [-0.1, -0.05) is 60.2 Å². The minimum atomic E-state index is 0.135. The summed E-state index contributed by atoms with van der Waals surface area (Å²) < 4.78 is 0. The molecular weight excluding hydrogens is 352 g/mol. The zero-order chi connectivity index (χ0) is 19.7. The van der Waals surface area contributed by atoms with Gasteiger partial charge < -0.3 is 0 Å². The average molecular weight is 374 g/mol. The van der Waals surface area contributed by atoms with E-state index in [-0.39, 0.29) is 5.78 Å². The lowest BCUT2D eigenvalue weighted by atomic mass is 9.82. The third-order valence-corrected chi connectivity index (χ3v) is 6.75. The molecular formula is C28H22O. The van der Waals surface area contributed by atoms with Crippen molar-refractivity contribution in [3.8, 4) is 11.1 Å². The molecule has 0 saturated heterocycles. The Morgan fingerprint density at radius 1 is 0.759 bits per heavy atom. The Hall–Kier alpha value is -3.19. The molecule has 0 amide bonds. The molecule has 0 aromatic heterocycles. The Morgan fingerprint density at radius 2 is 1.48 bits per heavy atom. The summed E-state index contributed by atoms with van der Waals surface area (Å²) >= 11 is 0. The van der Waals surface area contributed by atoms with E-state index in [1.54, 1.807) is 0 Å². The second kappa shape index (κ2) is 5.90. The van der Waals surface area contributed by atoms with Gasteiger partial charge in [0.25, 0.3) is 0 Å². The first-order valence-corrected chi connectivity index (χ1v) is 10.4. The summed E-state index contributed by atoms with van der Waals surface area (Å²) in [5.74, 6) is 1.30. The van der Waals surface area contributed by atoms with Crippen LogP contribution in [-0.2, 0) is 0 Å². The smallest absolute Gasteiger partial charge is 0.193 e. The van der Waals surface area contributed by atoms with Crippen LogP contribution in [0.1, 0.15) is 56.4 Å². The molecule has 2 atom stereocenters. The highest BCUT2D eigenvalue weighted by molar-refractivity contribution is 6.10. The van der Waals surface area contributed by atoms with Crippen LogP contribution in [0.25, 0.3) is 21.9 Å². The summed E-state index contributed by atoms with van der Waals surface area (Å²) in [6.45, 7) is 4.06. The minimum Gasteiger partial charge on any atom is -0.289 e. The van der Waals surface area contributed by atoms with Crippen LogP contribution in [0.3, 0.4) is 0 Å². The van der Waals surface area contributed by atoms with Crippen molar-refractivity contribution in [1.29, 1.82) is 0 Å². The summed E-state index contributed by atoms with van der Waals surface area (Å²) in [5.41, 5.74) is 9.29. The first-order valence-electron chi connectivity index (χ1n) is 10.4. The molecule has 0 aliphatic heterocycles. The molecule has 1 nitrogen and oxygen atoms in total. The summed E-state index contributed by atoms with van der Waals surface area (Å²) in [4.78, 5) is 13.2. The largest absolute Gasteiger partial charge is 0.289 e. The molecule has 2 unspecified atom stereocenters. The van der Waals surface area contributed by atoms with Gasteiger partial charge in [0.2, 0.25) is 0 Å². The molecule has 0 heterocycles. The Kier molecular flexibility index (Phi) is 3.41. The van der Waals surface area contributed by atoms with Gasteiger partial charge in [0.05, 0.1) is 0 Å². The highest BCUT2D eigenvalue weighted by Crippen LogP contribution is 2.62. The fourth-order valence-electron chi connectivity index (χ4n) is 5.07. The molecule has 4 aromatic rings. The van der Waals surface area contributed by atoms with Crippen molar-refractivity contribution < 1.29 is 4.79 Å². The second-order valence-corrected chi connectivity index (χ2v) is 8.68. The SMILES string of the molecule is Cc1ccc(C)c(C(=O)c2ccc3c(c2)C2CC2c2cc4ccccc4cc2-3)c1. The van der Waals surface area contributed by atoms with Gasteiger partial charge in [-0.15, -0.1) is 0 Å². The number of aryl methyl sites for hydroxylation is 2. The molecule has 0 N–H and O–H groups in total. The van der Waals surface area contributed by atoms with Crippen molar-refractivity contribution in [2.75, 3.05) is 0 Å². The van der Waals surface area contributed by atoms with Crippen LogP contribution in [0.5, 0.6) is 0 Å². The van der Waals surface area contributed by atoms with Crippen molar-refractivity contribution in [3.05, 3.63) is 106 Å². The quantitative estimate of drug-likeness (QED) is 0.347. The van der Waals surface area contributed by atoms with E-state index in [1.807, 2.05) is 32.0 Å². The van der Waals surface area contributed by atoms with Crippen molar-refractivity contribution >= 4 is 16.6 Å². The molecule has 1 saturated carbocycles. The molecule has 0 spiro atoms. The molecule has 1 fully saturated rings. The van der Waals surface area contributed by atoms with Gasteiger partial charge in [-0.2, -0.15) is 0 Å². The molecule has 1 heteroatoms. The lowest BCUT2D eigenvalue weighted by Gasteiger charge is -2.21. The maximum absolute atomic E-state index is 13.2. The predicted octanol–water partition coefficient (Wildman–Crippen LogP) is 6.94. The zero-order valence-electron chi connectivity index (χ0n) is 16.7. The predicted molar refractivity (Wildman–Crippen MR) is 119 cm³/mol. The minimum absolute atomic E-state index is 0.135. The average Bonchev–Trinajstić information content (AvgIpc) is 3.55. The van der Waals surface area contributed by atoms with Crippen molar-refractivity contribution in [2.24, 2.45) is 0 Å². The Balaban J connectivity index is 1.49. The molecule has 6 rings (SSSR count). The molecule has 140 valence electrons. The summed E-state index contributed by atoms with van der Waals surface area (Å²) in [7, 11) is 0. The van der Waals surface area contributed by atoms with Crippen molar-refractivity contribution in [2.45, 2.75) is 32.1 Å². The fourth-order valence-corrected chi connectivity index (χ4v) is 5.07. The number of carbonyl (C=O) groups is 1. The highest BCUT2D eigenvalue weighted by atomic mass is 16.1. The van der Waals surface area contributed by atoms with E-state index in [0.717, 1.165) is 22.3 Å². The molecule has 0 bridgehead atoms. The highest BCUT2D eigenvalue weighted by Gasteiger charge is 2.45. The number of fused-ring (bicyclic) bond motifs is 7. The van der Waals surface area contributed by atoms with Crippen LogP contribution in [0.2, 0.25) is 0 Å². The number of hydrogen-bond acceptors (Lipinski definition) is 1. The van der Waals surface area contributed by atoms with E-state index >= 15 is 0 Å². The van der Waals surface area contributed by atoms with E-state index in [9.17, 15) is 4.79 Å². The van der Waals surface area contributed by atoms with Crippen LogP contribution < -0.4 is 0 Å². The number of carbonyl (C=O) groups excluding carboxylic acids is 1. The summed E-state index contributed by atoms with van der Waals surface area (Å²) in [5, 5.41) is 2.61. The lowest BCUT2D eigenvalue weighted by molar-refractivity contribution is 0.103. The van der Waals surface area contributed by atoms with Gasteiger partial charge in [0.1, 0.15) is 0 Å². The molecule has 2 aliphatic carbocycles. The van der Waals surface area contributed by atoms with Crippen molar-refractivity contribution in [1.82, 2.24) is 0 Å². The monoisotopic (exact) mass is 374 g/mol. The van der Waals surface area contributed by atoms with Crippen LogP contribution in [0.4, 0.5) is 0 Å². The normalized spacial score (nSPS) is 18.7. The number of ketones is 1. The maximum atomic E-state index is 13.2. The number of rotatable bonds is 2. The van der Waals surface area contributed by atoms with Gasteiger partial charge >= 0.3 is 0 Å². The Labute approximate surface area is 171 Å². The van der Waals surface area contributed by atoms with Gasteiger partial charge in [-0.3, -0.25) is 4.79 Å². The van der Waals surface area contributed by atoms with Crippen molar-refractivity contribution in [3.63, 3.8) is 0 Å². The third kappa shape index (κ3) is 2.50. The van der Waals surface area contributed by atoms with E-state index in [0.29, 0.717) is 11.8 Å². The third-order valence-electron chi connectivity index (χ3n) is 6.75. The Morgan fingerprint density at radius 3 is 2.28 bits per heavy atom. The fraction of sp³-hybridized carbons (Fsp3) is 0.179. The second-order valence-electron chi connectivity index (χ2n) is 8.68. The lowest BCUT2D eigenvalue weighted by Crippen LogP contribution is -2.07. The standard InChI is InChI=1S/C28H22O/c1-16-7-8-17(2)22(11-16)28(29)20-9-10-21-23-12-18-5-3-4-6-19(18)13-25(23)27-15-26(27)24(21)14-20/h3-14,26-27H,15H2,1-2H3. The van der Waals surface area contributed by atoms with E-state index < -0.39 is 0 Å². The van der Waals surface area contributed by atoms with Gasteiger partial charge in [0.15, 0.2) is 5.78 Å². The zero-order valence-corrected chi connectivity index (χ0v) is 16.7. The van der Waals surface area contributed by atoms with E-state index in [2.05, 4.69) is 54.6 Å². The molecule has 2 aliphatic rings. The number of hydrogen-bond donors (Lipinski definition) is 0. The van der Waals surface area contributed by atoms with E-state index in [4.69, 9.17) is 0 Å². The van der Waals surface area contributed by atoms with Gasteiger partial charge in [-0.05, 0) is 88.9 Å². The summed E-state index contributed by atoms with van der Waals surface area (Å²) in [6.07, 6.45) is 1.19. The van der Waals surface area contributed by atoms with Gasteiger partial charge in [-0.25, -0.2) is 0 Å². The molecule has 29 heavy (non-hydrogen) atoms. The van der Waals surface area contributed by atoms with E-state index in [1.165, 1.54) is 39.4 Å². The van der Waals surface area contributed by atoms with Crippen LogP contribution >= 0.6 is 0 Å². The van der Waals surface area contributed by atoms with Gasteiger partial charge in [0, 0.05) is 11.1 Å². The van der Waals surface area contributed by atoms with Crippen LogP contribution in [-0.4, -0.2) is 5.78 Å². The molecule has 4 aromatic carbocycles. The Bertz CT molecular complexity index is 1330. The number of benzene rings is 4. The topological polar surface area (TPSA) is 17.1 Å². The maximum Gasteiger partial charge on any atom is 0.193 e. The van der Waals surface area contributed by atoms with Crippen LogP contribution in [0.15, 0.2) is 72.8 Å².